The smallest absolute Gasteiger partial charge is 0.315 e. The Kier molecular flexibility index (Phi) is 4.63. The Balaban J connectivity index is 1.73. The molecular formula is C13H22N2O4. The molecule has 19 heavy (non-hydrogen) atoms. The molecule has 4 atom stereocenters. The molecule has 6 heteroatoms. The molecule has 1 heterocycles. The van der Waals surface area contributed by atoms with E-state index < -0.39 is 17.9 Å². The van der Waals surface area contributed by atoms with Crippen molar-refractivity contribution in [3.8, 4) is 0 Å². The van der Waals surface area contributed by atoms with Crippen LogP contribution >= 0.6 is 0 Å². The number of hydrogen-bond acceptors (Lipinski definition) is 3. The highest BCUT2D eigenvalue weighted by Crippen LogP contribution is 2.30. The Morgan fingerprint density at radius 3 is 2.74 bits per heavy atom. The molecule has 2 aliphatic rings. The standard InChI is InChI=1S/C13H22N2O4/c1-8-3-2-4-9(8)5-14-13(18)15-11-7-19-6-10(11)12(16)17/h8-11H,2-7H2,1H3,(H,16,17)(H2,14,15,18). The van der Waals surface area contributed by atoms with Crippen molar-refractivity contribution in [1.29, 1.82) is 0 Å². The second kappa shape index (κ2) is 6.23. The highest BCUT2D eigenvalue weighted by atomic mass is 16.5. The number of carboxylic acid groups (broad SMARTS) is 1. The average molecular weight is 270 g/mol. The van der Waals surface area contributed by atoms with Crippen LogP contribution in [0.4, 0.5) is 4.79 Å². The zero-order chi connectivity index (χ0) is 13.8. The minimum Gasteiger partial charge on any atom is -0.481 e. The van der Waals surface area contributed by atoms with Crippen molar-refractivity contribution in [2.45, 2.75) is 32.2 Å². The van der Waals surface area contributed by atoms with Crippen molar-refractivity contribution in [3.63, 3.8) is 0 Å². The predicted molar refractivity (Wildman–Crippen MR) is 68.8 cm³/mol. The summed E-state index contributed by atoms with van der Waals surface area (Å²) in [4.78, 5) is 22.7. The van der Waals surface area contributed by atoms with Gasteiger partial charge in [0, 0.05) is 6.54 Å². The monoisotopic (exact) mass is 270 g/mol. The van der Waals surface area contributed by atoms with Crippen molar-refractivity contribution < 1.29 is 19.4 Å². The van der Waals surface area contributed by atoms with Crippen LogP contribution in [0.1, 0.15) is 26.2 Å². The number of aliphatic carboxylic acids is 1. The van der Waals surface area contributed by atoms with E-state index in [0.29, 0.717) is 18.4 Å². The third-order valence-corrected chi connectivity index (χ3v) is 4.28. The summed E-state index contributed by atoms with van der Waals surface area (Å²) < 4.78 is 5.10. The largest absolute Gasteiger partial charge is 0.481 e. The fourth-order valence-electron chi connectivity index (χ4n) is 2.91. The van der Waals surface area contributed by atoms with Crippen LogP contribution < -0.4 is 10.6 Å². The minimum atomic E-state index is -0.924. The molecule has 2 rings (SSSR count). The van der Waals surface area contributed by atoms with Gasteiger partial charge in [0.15, 0.2) is 0 Å². The van der Waals surface area contributed by atoms with Crippen LogP contribution in [-0.2, 0) is 9.53 Å². The van der Waals surface area contributed by atoms with Crippen LogP contribution in [0.3, 0.4) is 0 Å². The van der Waals surface area contributed by atoms with Gasteiger partial charge in [-0.05, 0) is 18.3 Å². The highest BCUT2D eigenvalue weighted by molar-refractivity contribution is 5.77. The topological polar surface area (TPSA) is 87.7 Å². The number of nitrogens with one attached hydrogen (secondary N) is 2. The van der Waals surface area contributed by atoms with E-state index in [2.05, 4.69) is 17.6 Å². The maximum atomic E-state index is 11.8. The van der Waals surface area contributed by atoms with Crippen LogP contribution in [-0.4, -0.2) is 42.9 Å². The number of amides is 2. The molecule has 2 fully saturated rings. The molecule has 1 aliphatic carbocycles. The maximum absolute atomic E-state index is 11.8. The SMILES string of the molecule is CC1CCCC1CNC(=O)NC1COCC1C(=O)O. The lowest BCUT2D eigenvalue weighted by Crippen LogP contribution is -2.48. The number of carboxylic acids is 1. The van der Waals surface area contributed by atoms with E-state index in [4.69, 9.17) is 9.84 Å². The Morgan fingerprint density at radius 2 is 2.11 bits per heavy atom. The zero-order valence-corrected chi connectivity index (χ0v) is 11.2. The summed E-state index contributed by atoms with van der Waals surface area (Å²) in [6.07, 6.45) is 3.62. The summed E-state index contributed by atoms with van der Waals surface area (Å²) in [6, 6.07) is -0.723. The summed E-state index contributed by atoms with van der Waals surface area (Å²) in [5, 5.41) is 14.5. The zero-order valence-electron chi connectivity index (χ0n) is 11.2. The number of rotatable bonds is 4. The molecular weight excluding hydrogens is 248 g/mol. The molecule has 3 N–H and O–H groups in total. The molecule has 1 saturated carbocycles. The minimum absolute atomic E-state index is 0.167. The van der Waals surface area contributed by atoms with Crippen LogP contribution in [0.15, 0.2) is 0 Å². The van der Waals surface area contributed by atoms with Gasteiger partial charge in [0.05, 0.1) is 19.3 Å². The number of ether oxygens (including phenoxy) is 1. The number of urea groups is 1. The lowest BCUT2D eigenvalue weighted by atomic mass is 9.98. The van der Waals surface area contributed by atoms with Gasteiger partial charge in [-0.2, -0.15) is 0 Å². The average Bonchev–Trinajstić information content (AvgIpc) is 2.95. The molecule has 0 aromatic rings. The van der Waals surface area contributed by atoms with Crippen LogP contribution in [0.5, 0.6) is 0 Å². The summed E-state index contributed by atoms with van der Waals surface area (Å²) in [7, 11) is 0. The number of carbonyl (C=O) groups excluding carboxylic acids is 1. The van der Waals surface area contributed by atoms with Gasteiger partial charge >= 0.3 is 12.0 Å². The van der Waals surface area contributed by atoms with E-state index in [1.54, 1.807) is 0 Å². The van der Waals surface area contributed by atoms with Gasteiger partial charge in [0.2, 0.25) is 0 Å². The van der Waals surface area contributed by atoms with Gasteiger partial charge in [-0.15, -0.1) is 0 Å². The molecule has 0 bridgehead atoms. The molecule has 0 radical (unpaired) electrons. The second-order valence-corrected chi connectivity index (χ2v) is 5.61. The first-order valence-corrected chi connectivity index (χ1v) is 6.93. The molecule has 6 nitrogen and oxygen atoms in total. The molecule has 1 saturated heterocycles. The number of hydrogen-bond donors (Lipinski definition) is 3. The molecule has 108 valence electrons. The normalized spacial score (nSPS) is 34.2. The fourth-order valence-corrected chi connectivity index (χ4v) is 2.91. The number of carbonyl (C=O) groups is 2. The molecule has 0 aromatic carbocycles. The van der Waals surface area contributed by atoms with Crippen molar-refractivity contribution in [2.75, 3.05) is 19.8 Å². The van der Waals surface area contributed by atoms with E-state index in [0.717, 1.165) is 6.42 Å². The lowest BCUT2D eigenvalue weighted by Gasteiger charge is -2.19. The predicted octanol–water partition coefficient (Wildman–Crippen LogP) is 0.821. The van der Waals surface area contributed by atoms with Crippen molar-refractivity contribution >= 4 is 12.0 Å². The van der Waals surface area contributed by atoms with Crippen LogP contribution in [0, 0.1) is 17.8 Å². The first kappa shape index (κ1) is 14.1. The van der Waals surface area contributed by atoms with E-state index >= 15 is 0 Å². The summed E-state index contributed by atoms with van der Waals surface area (Å²) in [6.45, 7) is 3.31. The van der Waals surface area contributed by atoms with Gasteiger partial charge in [-0.3, -0.25) is 4.79 Å². The summed E-state index contributed by atoms with van der Waals surface area (Å²) >= 11 is 0. The molecule has 4 unspecified atom stereocenters. The molecule has 0 aromatic heterocycles. The Morgan fingerprint density at radius 1 is 1.32 bits per heavy atom. The first-order valence-electron chi connectivity index (χ1n) is 6.93. The summed E-state index contributed by atoms with van der Waals surface area (Å²) in [5.41, 5.74) is 0. The van der Waals surface area contributed by atoms with Gasteiger partial charge in [-0.1, -0.05) is 19.8 Å². The van der Waals surface area contributed by atoms with E-state index in [9.17, 15) is 9.59 Å². The Labute approximate surface area is 112 Å². The van der Waals surface area contributed by atoms with E-state index in [-0.39, 0.29) is 19.2 Å². The third kappa shape index (κ3) is 3.59. The Hall–Kier alpha value is -1.30. The molecule has 1 aliphatic heterocycles. The van der Waals surface area contributed by atoms with Gasteiger partial charge in [0.1, 0.15) is 5.92 Å². The van der Waals surface area contributed by atoms with Crippen molar-refractivity contribution in [3.05, 3.63) is 0 Å². The van der Waals surface area contributed by atoms with E-state index in [1.165, 1.54) is 12.8 Å². The van der Waals surface area contributed by atoms with Crippen LogP contribution in [0.25, 0.3) is 0 Å². The molecule has 2 amide bonds. The second-order valence-electron chi connectivity index (χ2n) is 5.61. The Bertz CT molecular complexity index is 348. The van der Waals surface area contributed by atoms with E-state index in [1.807, 2.05) is 0 Å². The lowest BCUT2D eigenvalue weighted by molar-refractivity contribution is -0.142. The highest BCUT2D eigenvalue weighted by Gasteiger charge is 2.35. The van der Waals surface area contributed by atoms with Crippen LogP contribution in [0.2, 0.25) is 0 Å². The van der Waals surface area contributed by atoms with Gasteiger partial charge in [0.25, 0.3) is 0 Å². The molecule has 0 spiro atoms. The maximum Gasteiger partial charge on any atom is 0.315 e. The first-order chi connectivity index (χ1) is 9.08. The summed E-state index contributed by atoms with van der Waals surface area (Å²) in [5.74, 6) is -0.369. The third-order valence-electron chi connectivity index (χ3n) is 4.28. The van der Waals surface area contributed by atoms with Gasteiger partial charge in [-0.25, -0.2) is 4.79 Å². The quantitative estimate of drug-likeness (QED) is 0.706. The van der Waals surface area contributed by atoms with Crippen molar-refractivity contribution in [2.24, 2.45) is 17.8 Å². The van der Waals surface area contributed by atoms with Crippen molar-refractivity contribution in [1.82, 2.24) is 10.6 Å². The van der Waals surface area contributed by atoms with Gasteiger partial charge < -0.3 is 20.5 Å². The fraction of sp³-hybridized carbons (Fsp3) is 0.846.